The normalized spacial score (nSPS) is 10.9. The van der Waals surface area contributed by atoms with Gasteiger partial charge in [-0.25, -0.2) is 4.68 Å². The van der Waals surface area contributed by atoms with Crippen LogP contribution in [0.5, 0.6) is 0 Å². The molecule has 0 bridgehead atoms. The second-order valence-electron chi connectivity index (χ2n) is 2.67. The third kappa shape index (κ3) is 1.97. The van der Waals surface area contributed by atoms with Gasteiger partial charge in [-0.15, -0.1) is 11.3 Å². The summed E-state index contributed by atoms with van der Waals surface area (Å²) in [5.41, 5.74) is 0.783. The lowest BCUT2D eigenvalue weighted by atomic mass is 10.3. The quantitative estimate of drug-likeness (QED) is 0.718. The van der Waals surface area contributed by atoms with E-state index < -0.39 is 0 Å². The van der Waals surface area contributed by atoms with E-state index in [2.05, 4.69) is 5.10 Å². The predicted octanol–water partition coefficient (Wildman–Crippen LogP) is 2.15. The molecule has 14 heavy (non-hydrogen) atoms. The van der Waals surface area contributed by atoms with Gasteiger partial charge >= 0.3 is 0 Å². The van der Waals surface area contributed by atoms with Crippen LogP contribution in [0.1, 0.15) is 10.6 Å². The number of hydrogen-bond acceptors (Lipinski definition) is 3. The average Bonchev–Trinajstić information content (AvgIpc) is 2.86. The lowest BCUT2D eigenvalue weighted by Gasteiger charge is -1.83. The molecular formula is C10H8N2OS. The molecule has 0 saturated heterocycles. The van der Waals surface area contributed by atoms with Crippen LogP contribution in [0.2, 0.25) is 0 Å². The number of thiophene rings is 1. The summed E-state index contributed by atoms with van der Waals surface area (Å²) in [6.45, 7) is 0. The zero-order valence-electron chi connectivity index (χ0n) is 7.33. The van der Waals surface area contributed by atoms with Gasteiger partial charge in [0.1, 0.15) is 0 Å². The molecule has 0 aliphatic rings. The molecule has 0 unspecified atom stereocenters. The maximum absolute atomic E-state index is 10.3. The molecule has 0 aromatic carbocycles. The number of carbonyl (C=O) groups is 1. The highest BCUT2D eigenvalue weighted by molar-refractivity contribution is 7.10. The maximum Gasteiger partial charge on any atom is 0.234 e. The van der Waals surface area contributed by atoms with E-state index in [1.54, 1.807) is 23.6 Å². The number of aromatic nitrogens is 2. The Morgan fingerprint density at radius 2 is 2.29 bits per heavy atom. The standard InChI is InChI=1S/C10H8N2OS/c13-8-12-6-5-9(11-12)3-4-10-2-1-7-14-10/h1-8H. The van der Waals surface area contributed by atoms with Gasteiger partial charge in [0.05, 0.1) is 5.69 Å². The number of rotatable bonds is 3. The van der Waals surface area contributed by atoms with Crippen LogP contribution in [-0.4, -0.2) is 16.2 Å². The fourth-order valence-electron chi connectivity index (χ4n) is 1.05. The monoisotopic (exact) mass is 204 g/mol. The molecule has 0 radical (unpaired) electrons. The highest BCUT2D eigenvalue weighted by Crippen LogP contribution is 2.12. The molecule has 0 amide bonds. The average molecular weight is 204 g/mol. The molecule has 0 fully saturated rings. The Hall–Kier alpha value is -1.68. The maximum atomic E-state index is 10.3. The number of carbonyl (C=O) groups excluding carboxylic acids is 1. The van der Waals surface area contributed by atoms with Gasteiger partial charge in [0.15, 0.2) is 0 Å². The third-order valence-corrected chi connectivity index (χ3v) is 2.54. The van der Waals surface area contributed by atoms with Crippen molar-refractivity contribution in [2.75, 3.05) is 0 Å². The van der Waals surface area contributed by atoms with Gasteiger partial charge < -0.3 is 0 Å². The molecule has 2 aromatic rings. The van der Waals surface area contributed by atoms with E-state index in [-0.39, 0.29) is 0 Å². The Balaban J connectivity index is 2.14. The predicted molar refractivity (Wildman–Crippen MR) is 57.6 cm³/mol. The van der Waals surface area contributed by atoms with E-state index in [0.29, 0.717) is 6.41 Å². The Morgan fingerprint density at radius 3 is 2.93 bits per heavy atom. The van der Waals surface area contributed by atoms with Crippen molar-refractivity contribution in [2.45, 2.75) is 0 Å². The molecule has 2 heterocycles. The first-order valence-electron chi connectivity index (χ1n) is 4.10. The van der Waals surface area contributed by atoms with E-state index in [0.717, 1.165) is 5.69 Å². The van der Waals surface area contributed by atoms with Gasteiger partial charge in [-0.2, -0.15) is 5.10 Å². The Bertz CT molecular complexity index is 442. The first kappa shape index (κ1) is 8.90. The van der Waals surface area contributed by atoms with E-state index in [1.807, 2.05) is 29.7 Å². The SMILES string of the molecule is O=Cn1ccc(C=Cc2cccs2)n1. The summed E-state index contributed by atoms with van der Waals surface area (Å²) in [6.07, 6.45) is 6.15. The van der Waals surface area contributed by atoms with Crippen molar-refractivity contribution in [2.24, 2.45) is 0 Å². The largest absolute Gasteiger partial charge is 0.276 e. The molecule has 0 saturated carbocycles. The zero-order chi connectivity index (χ0) is 9.80. The van der Waals surface area contributed by atoms with E-state index >= 15 is 0 Å². The summed E-state index contributed by atoms with van der Waals surface area (Å²) in [6, 6.07) is 5.81. The van der Waals surface area contributed by atoms with Crippen molar-refractivity contribution in [3.63, 3.8) is 0 Å². The summed E-state index contributed by atoms with van der Waals surface area (Å²) >= 11 is 1.66. The van der Waals surface area contributed by atoms with Crippen LogP contribution in [-0.2, 0) is 4.79 Å². The molecule has 4 heteroatoms. The summed E-state index contributed by atoms with van der Waals surface area (Å²) in [7, 11) is 0. The Labute approximate surface area is 85.3 Å². The van der Waals surface area contributed by atoms with Crippen LogP contribution in [0.4, 0.5) is 0 Å². The van der Waals surface area contributed by atoms with Crippen LogP contribution in [0.15, 0.2) is 29.8 Å². The van der Waals surface area contributed by atoms with Gasteiger partial charge in [0.2, 0.25) is 6.41 Å². The second-order valence-corrected chi connectivity index (χ2v) is 3.65. The van der Waals surface area contributed by atoms with Crippen molar-refractivity contribution in [1.82, 2.24) is 9.78 Å². The van der Waals surface area contributed by atoms with Crippen molar-refractivity contribution in [3.8, 4) is 0 Å². The molecular weight excluding hydrogens is 196 g/mol. The van der Waals surface area contributed by atoms with Crippen molar-refractivity contribution < 1.29 is 4.79 Å². The minimum atomic E-state index is 0.669. The summed E-state index contributed by atoms with van der Waals surface area (Å²) in [5, 5.41) is 6.01. The van der Waals surface area contributed by atoms with Crippen molar-refractivity contribution >= 4 is 29.9 Å². The molecule has 3 nitrogen and oxygen atoms in total. The van der Waals surface area contributed by atoms with Gasteiger partial charge in [-0.05, 0) is 29.7 Å². The van der Waals surface area contributed by atoms with Gasteiger partial charge in [0.25, 0.3) is 0 Å². The van der Waals surface area contributed by atoms with Gasteiger partial charge in [-0.1, -0.05) is 6.07 Å². The molecule has 2 rings (SSSR count). The van der Waals surface area contributed by atoms with Crippen LogP contribution in [0.3, 0.4) is 0 Å². The van der Waals surface area contributed by atoms with Gasteiger partial charge in [-0.3, -0.25) is 4.79 Å². The minimum Gasteiger partial charge on any atom is -0.276 e. The van der Waals surface area contributed by atoms with E-state index in [1.165, 1.54) is 9.56 Å². The van der Waals surface area contributed by atoms with Crippen molar-refractivity contribution in [1.29, 1.82) is 0 Å². The molecule has 70 valence electrons. The molecule has 2 aromatic heterocycles. The van der Waals surface area contributed by atoms with Gasteiger partial charge in [0, 0.05) is 11.1 Å². The van der Waals surface area contributed by atoms with Crippen LogP contribution < -0.4 is 0 Å². The molecule has 0 atom stereocenters. The lowest BCUT2D eigenvalue weighted by molar-refractivity contribution is 0.540. The third-order valence-electron chi connectivity index (χ3n) is 1.70. The number of hydrogen-bond donors (Lipinski definition) is 0. The van der Waals surface area contributed by atoms with E-state index in [4.69, 9.17) is 0 Å². The zero-order valence-corrected chi connectivity index (χ0v) is 8.15. The highest BCUT2D eigenvalue weighted by atomic mass is 32.1. The first-order valence-corrected chi connectivity index (χ1v) is 4.98. The fourth-order valence-corrected chi connectivity index (χ4v) is 1.67. The summed E-state index contributed by atoms with van der Waals surface area (Å²) < 4.78 is 1.24. The second kappa shape index (κ2) is 4.02. The fraction of sp³-hybridized carbons (Fsp3) is 0. The summed E-state index contributed by atoms with van der Waals surface area (Å²) in [5.74, 6) is 0. The molecule has 0 spiro atoms. The smallest absolute Gasteiger partial charge is 0.234 e. The number of nitrogens with zero attached hydrogens (tertiary/aromatic N) is 2. The first-order chi connectivity index (χ1) is 6.88. The minimum absolute atomic E-state index is 0.669. The van der Waals surface area contributed by atoms with Crippen molar-refractivity contribution in [3.05, 3.63) is 40.3 Å². The topological polar surface area (TPSA) is 34.9 Å². The molecule has 0 aliphatic carbocycles. The molecule has 0 N–H and O–H groups in total. The summed E-state index contributed by atoms with van der Waals surface area (Å²) in [4.78, 5) is 11.5. The lowest BCUT2D eigenvalue weighted by Crippen LogP contribution is -1.93. The highest BCUT2D eigenvalue weighted by Gasteiger charge is 1.92. The van der Waals surface area contributed by atoms with Crippen LogP contribution >= 0.6 is 11.3 Å². The van der Waals surface area contributed by atoms with E-state index in [9.17, 15) is 4.79 Å². The van der Waals surface area contributed by atoms with Crippen LogP contribution in [0.25, 0.3) is 12.2 Å². The Kier molecular flexibility index (Phi) is 2.55. The van der Waals surface area contributed by atoms with Crippen LogP contribution in [0, 0.1) is 0 Å². The molecule has 0 aliphatic heterocycles. The Morgan fingerprint density at radius 1 is 1.36 bits per heavy atom.